The number of nitrogens with zero attached hydrogens (tertiary/aromatic N) is 2. The standard InChI is InChI=1S/C25H29N3O3S/c1-17-11-12-19(15-18(17)2)26-22(29)16-28-20-9-5-6-10-21(20)32-23(25(28)31)24(30)27-13-7-3-4-8-14-27/h5-6,9-12,15,23H,3-4,7-8,13-14,16H2,1-2H3,(H,26,29). The molecule has 6 nitrogen and oxygen atoms in total. The van der Waals surface area contributed by atoms with Gasteiger partial charge >= 0.3 is 0 Å². The molecule has 1 saturated heterocycles. The number of aryl methyl sites for hydroxylation is 2. The van der Waals surface area contributed by atoms with Crippen molar-refractivity contribution in [1.29, 1.82) is 0 Å². The Morgan fingerprint density at radius 3 is 2.44 bits per heavy atom. The van der Waals surface area contributed by atoms with E-state index in [0.29, 0.717) is 24.5 Å². The lowest BCUT2D eigenvalue weighted by molar-refractivity contribution is -0.135. The van der Waals surface area contributed by atoms with E-state index in [1.807, 2.05) is 61.2 Å². The van der Waals surface area contributed by atoms with E-state index in [2.05, 4.69) is 5.32 Å². The number of hydrogen-bond acceptors (Lipinski definition) is 4. The normalized spacial score (nSPS) is 18.7. The molecule has 2 aliphatic heterocycles. The van der Waals surface area contributed by atoms with Gasteiger partial charge < -0.3 is 15.1 Å². The average Bonchev–Trinajstić information content (AvgIpc) is 3.07. The Morgan fingerprint density at radius 1 is 1.00 bits per heavy atom. The molecule has 0 aliphatic carbocycles. The lowest BCUT2D eigenvalue weighted by atomic mass is 10.1. The fraction of sp³-hybridized carbons (Fsp3) is 0.400. The first-order valence-electron chi connectivity index (χ1n) is 11.2. The van der Waals surface area contributed by atoms with E-state index < -0.39 is 5.25 Å². The van der Waals surface area contributed by atoms with Crippen LogP contribution in [0.5, 0.6) is 0 Å². The van der Waals surface area contributed by atoms with Crippen LogP contribution < -0.4 is 10.2 Å². The smallest absolute Gasteiger partial charge is 0.250 e. The Kier molecular flexibility index (Phi) is 6.84. The third-order valence-corrected chi connectivity index (χ3v) is 7.36. The molecule has 2 heterocycles. The van der Waals surface area contributed by atoms with Crippen LogP contribution in [0.2, 0.25) is 0 Å². The van der Waals surface area contributed by atoms with Crippen LogP contribution in [0.3, 0.4) is 0 Å². The SMILES string of the molecule is Cc1ccc(NC(=O)CN2C(=O)C(C(=O)N3CCCCCC3)Sc3ccccc32)cc1C. The molecule has 0 radical (unpaired) electrons. The van der Waals surface area contributed by atoms with Crippen molar-refractivity contribution in [3.8, 4) is 0 Å². The number of carbonyl (C=O) groups excluding carboxylic acids is 3. The van der Waals surface area contributed by atoms with E-state index in [1.165, 1.54) is 16.7 Å². The molecule has 1 unspecified atom stereocenters. The summed E-state index contributed by atoms with van der Waals surface area (Å²) >= 11 is 1.30. The quantitative estimate of drug-likeness (QED) is 0.709. The van der Waals surface area contributed by atoms with Gasteiger partial charge in [0.2, 0.25) is 11.8 Å². The van der Waals surface area contributed by atoms with Crippen molar-refractivity contribution in [2.24, 2.45) is 0 Å². The van der Waals surface area contributed by atoms with Crippen LogP contribution in [-0.2, 0) is 14.4 Å². The van der Waals surface area contributed by atoms with Crippen LogP contribution >= 0.6 is 11.8 Å². The molecule has 7 heteroatoms. The summed E-state index contributed by atoms with van der Waals surface area (Å²) in [5.41, 5.74) is 3.61. The first kappa shape index (κ1) is 22.4. The summed E-state index contributed by atoms with van der Waals surface area (Å²) in [7, 11) is 0. The molecular formula is C25H29N3O3S. The highest BCUT2D eigenvalue weighted by Gasteiger charge is 2.40. The van der Waals surface area contributed by atoms with Crippen LogP contribution in [0.15, 0.2) is 47.4 Å². The third kappa shape index (κ3) is 4.83. The van der Waals surface area contributed by atoms with E-state index in [9.17, 15) is 14.4 Å². The van der Waals surface area contributed by atoms with E-state index >= 15 is 0 Å². The van der Waals surface area contributed by atoms with Gasteiger partial charge in [0.25, 0.3) is 5.91 Å². The minimum atomic E-state index is -0.850. The highest BCUT2D eigenvalue weighted by Crippen LogP contribution is 2.39. The zero-order valence-corrected chi connectivity index (χ0v) is 19.4. The summed E-state index contributed by atoms with van der Waals surface area (Å²) in [6.45, 7) is 5.26. The number of carbonyl (C=O) groups is 3. The fourth-order valence-electron chi connectivity index (χ4n) is 4.16. The number of anilines is 2. The Morgan fingerprint density at radius 2 is 1.72 bits per heavy atom. The molecule has 4 rings (SSSR count). The molecule has 32 heavy (non-hydrogen) atoms. The van der Waals surface area contributed by atoms with Crippen molar-refractivity contribution in [2.75, 3.05) is 29.9 Å². The summed E-state index contributed by atoms with van der Waals surface area (Å²) < 4.78 is 0. The number of likely N-dealkylation sites (tertiary alicyclic amines) is 1. The molecule has 168 valence electrons. The minimum absolute atomic E-state index is 0.132. The Hall–Kier alpha value is -2.80. The Labute approximate surface area is 193 Å². The predicted octanol–water partition coefficient (Wildman–Crippen LogP) is 4.15. The van der Waals surface area contributed by atoms with E-state index in [0.717, 1.165) is 41.7 Å². The summed E-state index contributed by atoms with van der Waals surface area (Å²) in [6, 6.07) is 13.2. The molecule has 1 N–H and O–H groups in total. The molecule has 2 aromatic rings. The van der Waals surface area contributed by atoms with E-state index in [1.54, 1.807) is 0 Å². The van der Waals surface area contributed by atoms with Crippen molar-refractivity contribution >= 4 is 40.9 Å². The maximum absolute atomic E-state index is 13.4. The number of fused-ring (bicyclic) bond motifs is 1. The number of benzene rings is 2. The van der Waals surface area contributed by atoms with Crippen molar-refractivity contribution in [2.45, 2.75) is 49.7 Å². The van der Waals surface area contributed by atoms with E-state index in [-0.39, 0.29) is 24.3 Å². The van der Waals surface area contributed by atoms with Crippen molar-refractivity contribution in [3.05, 3.63) is 53.6 Å². The van der Waals surface area contributed by atoms with Gasteiger partial charge in [0.1, 0.15) is 6.54 Å². The maximum atomic E-state index is 13.4. The highest BCUT2D eigenvalue weighted by molar-refractivity contribution is 8.01. The molecule has 0 saturated carbocycles. The van der Waals surface area contributed by atoms with Crippen LogP contribution in [0.1, 0.15) is 36.8 Å². The molecule has 0 bridgehead atoms. The van der Waals surface area contributed by atoms with Crippen LogP contribution in [-0.4, -0.2) is 47.5 Å². The van der Waals surface area contributed by atoms with Gasteiger partial charge in [0, 0.05) is 23.7 Å². The number of para-hydroxylation sites is 1. The topological polar surface area (TPSA) is 69.7 Å². The third-order valence-electron chi connectivity index (χ3n) is 6.13. The number of nitrogens with one attached hydrogen (secondary N) is 1. The van der Waals surface area contributed by atoms with Crippen molar-refractivity contribution in [1.82, 2.24) is 4.90 Å². The molecule has 1 atom stereocenters. The summed E-state index contributed by atoms with van der Waals surface area (Å²) in [4.78, 5) is 43.7. The second kappa shape index (κ2) is 9.77. The zero-order chi connectivity index (χ0) is 22.7. The highest BCUT2D eigenvalue weighted by atomic mass is 32.2. The van der Waals surface area contributed by atoms with Crippen LogP contribution in [0.4, 0.5) is 11.4 Å². The zero-order valence-electron chi connectivity index (χ0n) is 18.6. The first-order valence-corrected chi connectivity index (χ1v) is 12.0. The molecule has 2 aromatic carbocycles. The molecular weight excluding hydrogens is 422 g/mol. The van der Waals surface area contributed by atoms with Crippen molar-refractivity contribution < 1.29 is 14.4 Å². The minimum Gasteiger partial charge on any atom is -0.341 e. The Balaban J connectivity index is 1.54. The van der Waals surface area contributed by atoms with Gasteiger partial charge in [-0.1, -0.05) is 31.0 Å². The number of amides is 3. The monoisotopic (exact) mass is 451 g/mol. The average molecular weight is 452 g/mol. The molecule has 0 spiro atoms. The molecule has 3 amide bonds. The lowest BCUT2D eigenvalue weighted by Crippen LogP contribution is -2.51. The number of rotatable bonds is 4. The molecule has 2 aliphatic rings. The van der Waals surface area contributed by atoms with Gasteiger partial charge in [-0.05, 0) is 62.1 Å². The predicted molar refractivity (Wildman–Crippen MR) is 128 cm³/mol. The van der Waals surface area contributed by atoms with Gasteiger partial charge in [-0.3, -0.25) is 14.4 Å². The molecule has 1 fully saturated rings. The van der Waals surface area contributed by atoms with Crippen molar-refractivity contribution in [3.63, 3.8) is 0 Å². The second-order valence-electron chi connectivity index (χ2n) is 8.48. The second-order valence-corrected chi connectivity index (χ2v) is 9.62. The summed E-state index contributed by atoms with van der Waals surface area (Å²) in [5, 5.41) is 2.04. The van der Waals surface area contributed by atoms with Gasteiger partial charge in [-0.2, -0.15) is 0 Å². The largest absolute Gasteiger partial charge is 0.341 e. The van der Waals surface area contributed by atoms with Gasteiger partial charge in [0.05, 0.1) is 5.69 Å². The summed E-state index contributed by atoms with van der Waals surface area (Å²) in [6.07, 6.45) is 4.16. The van der Waals surface area contributed by atoms with Crippen LogP contribution in [0.25, 0.3) is 0 Å². The fourth-order valence-corrected chi connectivity index (χ4v) is 5.34. The van der Waals surface area contributed by atoms with E-state index in [4.69, 9.17) is 0 Å². The lowest BCUT2D eigenvalue weighted by Gasteiger charge is -2.34. The summed E-state index contributed by atoms with van der Waals surface area (Å²) in [5.74, 6) is -0.751. The molecule has 0 aromatic heterocycles. The van der Waals surface area contributed by atoms with Crippen LogP contribution in [0, 0.1) is 13.8 Å². The number of thioether (sulfide) groups is 1. The van der Waals surface area contributed by atoms with Gasteiger partial charge in [-0.25, -0.2) is 0 Å². The maximum Gasteiger partial charge on any atom is 0.250 e. The number of hydrogen-bond donors (Lipinski definition) is 1. The van der Waals surface area contributed by atoms with Gasteiger partial charge in [-0.15, -0.1) is 11.8 Å². The Bertz CT molecular complexity index is 1030. The van der Waals surface area contributed by atoms with Gasteiger partial charge in [0.15, 0.2) is 5.25 Å². The first-order chi connectivity index (χ1) is 15.4.